The number of rotatable bonds is 7. The molecule has 0 amide bonds. The molecular weight excluding hydrogens is 653 g/mol. The first-order chi connectivity index (χ1) is 26.8. The Morgan fingerprint density at radius 1 is 0.296 bits per heavy atom. The summed E-state index contributed by atoms with van der Waals surface area (Å²) in [6, 6.07) is 78.7. The molecule has 0 aliphatic rings. The highest BCUT2D eigenvalue weighted by atomic mass is 15.1. The van der Waals surface area contributed by atoms with Crippen LogP contribution in [0.15, 0.2) is 218 Å². The third-order valence-corrected chi connectivity index (χ3v) is 10.6. The lowest BCUT2D eigenvalue weighted by Gasteiger charge is -2.26. The molecule has 0 saturated carbocycles. The van der Waals surface area contributed by atoms with Gasteiger partial charge in [0.05, 0.1) is 11.0 Å². The topological polar surface area (TPSA) is 8.17 Å². The molecular formula is C52H36N2. The number of hydrogen-bond donors (Lipinski definition) is 0. The Morgan fingerprint density at radius 3 is 1.41 bits per heavy atom. The van der Waals surface area contributed by atoms with Gasteiger partial charge in [0.25, 0.3) is 0 Å². The summed E-state index contributed by atoms with van der Waals surface area (Å²) in [6.45, 7) is 0. The molecule has 0 N–H and O–H groups in total. The minimum Gasteiger partial charge on any atom is -0.311 e. The van der Waals surface area contributed by atoms with E-state index in [9.17, 15) is 0 Å². The van der Waals surface area contributed by atoms with Crippen molar-refractivity contribution in [2.24, 2.45) is 0 Å². The van der Waals surface area contributed by atoms with Crippen molar-refractivity contribution in [3.05, 3.63) is 218 Å². The van der Waals surface area contributed by atoms with Gasteiger partial charge in [0.2, 0.25) is 0 Å². The third kappa shape index (κ3) is 5.62. The maximum Gasteiger partial charge on any atom is 0.0541 e. The number of hydrogen-bond acceptors (Lipinski definition) is 1. The number of anilines is 3. The maximum atomic E-state index is 2.38. The molecule has 54 heavy (non-hydrogen) atoms. The van der Waals surface area contributed by atoms with E-state index in [4.69, 9.17) is 0 Å². The molecule has 0 saturated heterocycles. The van der Waals surface area contributed by atoms with Crippen LogP contribution in [0.4, 0.5) is 17.1 Å². The van der Waals surface area contributed by atoms with E-state index >= 15 is 0 Å². The van der Waals surface area contributed by atoms with E-state index in [2.05, 4.69) is 228 Å². The van der Waals surface area contributed by atoms with Gasteiger partial charge >= 0.3 is 0 Å². The standard InChI is InChI=1S/C52H36N2/c1-2-15-43(16-3-1)53(44-32-28-38(29-33-44)37-24-26-41(27-25-37)48-21-11-13-40-12-4-5-18-47(40)48)45-34-30-39(31-35-45)42-14-10-17-46(36-42)54-51-22-8-6-19-49(51)50-20-7-9-23-52(50)54/h1-36H. The van der Waals surface area contributed by atoms with Crippen molar-refractivity contribution in [2.75, 3.05) is 4.90 Å². The van der Waals surface area contributed by atoms with E-state index in [1.165, 1.54) is 66.0 Å². The Morgan fingerprint density at radius 2 is 0.759 bits per heavy atom. The molecule has 0 atom stereocenters. The van der Waals surface area contributed by atoms with E-state index in [1.807, 2.05) is 0 Å². The van der Waals surface area contributed by atoms with E-state index in [-0.39, 0.29) is 0 Å². The number of benzene rings is 9. The largest absolute Gasteiger partial charge is 0.311 e. The highest BCUT2D eigenvalue weighted by Gasteiger charge is 2.15. The van der Waals surface area contributed by atoms with Gasteiger partial charge in [-0.2, -0.15) is 0 Å². The molecule has 254 valence electrons. The third-order valence-electron chi connectivity index (χ3n) is 10.6. The zero-order valence-corrected chi connectivity index (χ0v) is 29.7. The Labute approximate surface area is 315 Å². The van der Waals surface area contributed by atoms with Crippen LogP contribution in [0.3, 0.4) is 0 Å². The first-order valence-corrected chi connectivity index (χ1v) is 18.5. The van der Waals surface area contributed by atoms with Gasteiger partial charge in [-0.1, -0.05) is 158 Å². The molecule has 0 bridgehead atoms. The maximum absolute atomic E-state index is 2.38. The molecule has 9 aromatic carbocycles. The van der Waals surface area contributed by atoms with Crippen LogP contribution in [-0.2, 0) is 0 Å². The molecule has 1 heterocycles. The fraction of sp³-hybridized carbons (Fsp3) is 0. The van der Waals surface area contributed by atoms with Crippen molar-refractivity contribution in [3.8, 4) is 39.1 Å². The normalized spacial score (nSPS) is 11.3. The summed E-state index contributed by atoms with van der Waals surface area (Å²) >= 11 is 0. The number of nitrogens with zero attached hydrogens (tertiary/aromatic N) is 2. The van der Waals surface area contributed by atoms with Gasteiger partial charge in [0.15, 0.2) is 0 Å². The van der Waals surface area contributed by atoms with E-state index < -0.39 is 0 Å². The van der Waals surface area contributed by atoms with Crippen molar-refractivity contribution in [1.29, 1.82) is 0 Å². The Balaban J connectivity index is 0.957. The molecule has 2 heteroatoms. The SMILES string of the molecule is c1ccc(N(c2ccc(-c3ccc(-c4cccc5ccccc45)cc3)cc2)c2ccc(-c3cccc(-n4c5ccccc5c5ccccc54)c3)cc2)cc1. The van der Waals surface area contributed by atoms with Crippen LogP contribution in [0.1, 0.15) is 0 Å². The zero-order chi connectivity index (χ0) is 35.8. The molecule has 10 rings (SSSR count). The number of aromatic nitrogens is 1. The van der Waals surface area contributed by atoms with Crippen molar-refractivity contribution in [3.63, 3.8) is 0 Å². The summed E-state index contributed by atoms with van der Waals surface area (Å²) in [5, 5.41) is 5.08. The van der Waals surface area contributed by atoms with Crippen molar-refractivity contribution < 1.29 is 0 Å². The van der Waals surface area contributed by atoms with Crippen LogP contribution in [0.5, 0.6) is 0 Å². The molecule has 0 spiro atoms. The smallest absolute Gasteiger partial charge is 0.0541 e. The average Bonchev–Trinajstić information content (AvgIpc) is 3.59. The fourth-order valence-electron chi connectivity index (χ4n) is 7.97. The monoisotopic (exact) mass is 688 g/mol. The van der Waals surface area contributed by atoms with Gasteiger partial charge in [0, 0.05) is 33.5 Å². The predicted molar refractivity (Wildman–Crippen MR) is 229 cm³/mol. The Bertz CT molecular complexity index is 2840. The second-order valence-corrected chi connectivity index (χ2v) is 13.8. The summed E-state index contributed by atoms with van der Waals surface area (Å²) in [7, 11) is 0. The van der Waals surface area contributed by atoms with Crippen molar-refractivity contribution in [2.45, 2.75) is 0 Å². The van der Waals surface area contributed by atoms with Crippen LogP contribution in [0.2, 0.25) is 0 Å². The van der Waals surface area contributed by atoms with Gasteiger partial charge in [-0.05, 0) is 105 Å². The zero-order valence-electron chi connectivity index (χ0n) is 29.7. The van der Waals surface area contributed by atoms with E-state index in [0.717, 1.165) is 22.7 Å². The summed E-state index contributed by atoms with van der Waals surface area (Å²) in [4.78, 5) is 2.33. The minimum absolute atomic E-state index is 1.11. The molecule has 0 aliphatic heterocycles. The van der Waals surface area contributed by atoms with Crippen LogP contribution in [0.25, 0.3) is 71.6 Å². The molecule has 0 unspecified atom stereocenters. The molecule has 10 aromatic rings. The summed E-state index contributed by atoms with van der Waals surface area (Å²) < 4.78 is 2.38. The van der Waals surface area contributed by atoms with Gasteiger partial charge in [0.1, 0.15) is 0 Å². The molecule has 2 nitrogen and oxygen atoms in total. The molecule has 1 aromatic heterocycles. The van der Waals surface area contributed by atoms with Crippen LogP contribution >= 0.6 is 0 Å². The van der Waals surface area contributed by atoms with Gasteiger partial charge < -0.3 is 9.47 Å². The highest BCUT2D eigenvalue weighted by Crippen LogP contribution is 2.38. The molecule has 0 aliphatic carbocycles. The second-order valence-electron chi connectivity index (χ2n) is 13.8. The first kappa shape index (κ1) is 31.6. The highest BCUT2D eigenvalue weighted by molar-refractivity contribution is 6.09. The lowest BCUT2D eigenvalue weighted by Crippen LogP contribution is -2.09. The second kappa shape index (κ2) is 13.4. The number of fused-ring (bicyclic) bond motifs is 4. The molecule has 0 radical (unpaired) electrons. The van der Waals surface area contributed by atoms with Gasteiger partial charge in [-0.3, -0.25) is 0 Å². The average molecular weight is 689 g/mol. The van der Waals surface area contributed by atoms with E-state index in [1.54, 1.807) is 0 Å². The quantitative estimate of drug-likeness (QED) is 0.162. The lowest BCUT2D eigenvalue weighted by molar-refractivity contribution is 1.18. The molecule has 0 fully saturated rings. The Kier molecular flexibility index (Phi) is 7.85. The van der Waals surface area contributed by atoms with E-state index in [0.29, 0.717) is 0 Å². The summed E-state index contributed by atoms with van der Waals surface area (Å²) in [6.07, 6.45) is 0. The Hall–Kier alpha value is -7.16. The fourth-order valence-corrected chi connectivity index (χ4v) is 7.97. The predicted octanol–water partition coefficient (Wildman–Crippen LogP) is 14.4. The van der Waals surface area contributed by atoms with Crippen LogP contribution in [0, 0.1) is 0 Å². The summed E-state index contributed by atoms with van der Waals surface area (Å²) in [5.41, 5.74) is 14.2. The van der Waals surface area contributed by atoms with Crippen LogP contribution in [-0.4, -0.2) is 4.57 Å². The van der Waals surface area contributed by atoms with Crippen molar-refractivity contribution in [1.82, 2.24) is 4.57 Å². The first-order valence-electron chi connectivity index (χ1n) is 18.5. The van der Waals surface area contributed by atoms with Crippen molar-refractivity contribution >= 4 is 49.6 Å². The summed E-state index contributed by atoms with van der Waals surface area (Å²) in [5.74, 6) is 0. The van der Waals surface area contributed by atoms with Gasteiger partial charge in [-0.15, -0.1) is 0 Å². The van der Waals surface area contributed by atoms with Crippen LogP contribution < -0.4 is 4.90 Å². The lowest BCUT2D eigenvalue weighted by atomic mass is 9.96. The number of para-hydroxylation sites is 3. The minimum atomic E-state index is 1.11. The van der Waals surface area contributed by atoms with Gasteiger partial charge in [-0.25, -0.2) is 0 Å².